The number of nitrogens with one attached hydrogen (secondary N) is 7. The molecule has 23 heteroatoms. The SMILES string of the molecule is CC(=O)N[C@@H](C)CNc1nc(NCc2ccc(-c3ccccc3)cc2)c2ncn(C(C)C)c2n1.CC(C)CN.CC(C)CNc1nc(NCc2ccc(-c3ccccc3)cc2)c2ncn(C(C)C)c2n1.CC(C)n1cnc2c(NCc3ccc(-c4ccccc4)cc3)nc(NC[C@H](C)N)nc21.[Cl-]. The van der Waals surface area contributed by atoms with Gasteiger partial charge >= 0.3 is 0 Å². The summed E-state index contributed by atoms with van der Waals surface area (Å²) in [6.45, 7) is 31.2. The molecule has 6 aromatic heterocycles. The van der Waals surface area contributed by atoms with Crippen LogP contribution in [0.4, 0.5) is 35.3 Å². The summed E-state index contributed by atoms with van der Waals surface area (Å²) in [5, 5.41) is 23.0. The molecule has 12 rings (SSSR count). The van der Waals surface area contributed by atoms with E-state index in [2.05, 4.69) is 274 Å². The molecular weight excluding hydrogens is 1290 g/mol. The second-order valence-electron chi connectivity index (χ2n) is 26.9. The normalized spacial score (nSPS) is 11.7. The molecule has 0 aliphatic rings. The Morgan fingerprint density at radius 2 is 0.667 bits per heavy atom. The molecule has 12 aromatic rings. The van der Waals surface area contributed by atoms with Crippen molar-refractivity contribution >= 4 is 74.7 Å². The van der Waals surface area contributed by atoms with Crippen molar-refractivity contribution in [1.82, 2.24) is 63.9 Å². The molecule has 0 unspecified atom stereocenters. The molecule has 0 bridgehead atoms. The second kappa shape index (κ2) is 37.8. The van der Waals surface area contributed by atoms with Gasteiger partial charge in [0, 0.05) is 76.4 Å². The van der Waals surface area contributed by atoms with Crippen molar-refractivity contribution in [3.8, 4) is 33.4 Å². The first kappa shape index (κ1) is 77.2. The fourth-order valence-corrected chi connectivity index (χ4v) is 10.6. The van der Waals surface area contributed by atoms with E-state index in [-0.39, 0.29) is 48.5 Å². The Hall–Kier alpha value is -10.6. The van der Waals surface area contributed by atoms with E-state index in [1.807, 2.05) is 66.0 Å². The number of anilines is 6. The van der Waals surface area contributed by atoms with Crippen molar-refractivity contribution in [3.05, 3.63) is 199 Å². The molecule has 2 atom stereocenters. The Morgan fingerprint density at radius 3 is 0.931 bits per heavy atom. The highest BCUT2D eigenvalue weighted by atomic mass is 35.5. The van der Waals surface area contributed by atoms with Crippen molar-refractivity contribution in [2.45, 2.75) is 140 Å². The first-order valence-corrected chi connectivity index (χ1v) is 35.0. The van der Waals surface area contributed by atoms with Crippen LogP contribution in [-0.4, -0.2) is 103 Å². The third-order valence-corrected chi connectivity index (χ3v) is 16.2. The first-order chi connectivity index (χ1) is 48.7. The summed E-state index contributed by atoms with van der Waals surface area (Å²) < 4.78 is 6.16. The number of rotatable bonds is 26. The van der Waals surface area contributed by atoms with Crippen molar-refractivity contribution in [1.29, 1.82) is 0 Å². The number of aromatic nitrogens is 12. The lowest BCUT2D eigenvalue weighted by Crippen LogP contribution is -3.00. The number of carbonyl (C=O) groups is 1. The van der Waals surface area contributed by atoms with Crippen LogP contribution >= 0.6 is 0 Å². The average Bonchev–Trinajstić information content (AvgIpc) is 1.63. The van der Waals surface area contributed by atoms with Crippen LogP contribution in [0.1, 0.15) is 125 Å². The number of benzene rings is 6. The standard InChI is InChI=1S/C26H31N7O.C25H30N6.C24H29N7.C4H11N.ClH/c1-17(2)33-16-29-23-24(31-26(32-25(23)33)28-14-18(3)30-19(4)34)27-15-20-10-12-22(13-11-20)21-8-6-5-7-9-21;1-17(2)14-27-25-29-23(22-24(30-25)31(16-28-22)18(3)4)26-15-19-10-12-21(13-11-19)20-8-6-5-7-9-20;1-16(2)31-15-28-21-22(29-24(30-23(21)31)27-13-17(3)25)26-14-18-9-11-20(12-10-18)19-7-5-4-6-8-19;1-4(2)3-5;/h5-13,16-18H,14-15H2,1-4H3,(H,30,34)(H2,27,28,31,32);5-13,16-18H,14-15H2,1-4H3,(H2,26,27,29,30);4-12,15-17H,13-14,25H2,1-3H3,(H2,26,27,29,30);4H,3,5H2,1-2H3;1H/p-1/t18-;;17-;;/m0.0../s1. The van der Waals surface area contributed by atoms with Crippen LogP contribution in [0.25, 0.3) is 66.9 Å². The van der Waals surface area contributed by atoms with E-state index in [9.17, 15) is 4.79 Å². The highest BCUT2D eigenvalue weighted by molar-refractivity contribution is 5.86. The monoisotopic (exact) mass is 1390 g/mol. The van der Waals surface area contributed by atoms with Crippen LogP contribution in [0.15, 0.2) is 183 Å². The number of carbonyl (C=O) groups excluding carboxylic acids is 1. The Balaban J connectivity index is 0.000000187. The summed E-state index contributed by atoms with van der Waals surface area (Å²) in [6, 6.07) is 57.5. The molecule has 536 valence electrons. The van der Waals surface area contributed by atoms with Gasteiger partial charge in [0.1, 0.15) is 0 Å². The van der Waals surface area contributed by atoms with Gasteiger partial charge < -0.3 is 74.8 Å². The molecule has 0 aliphatic carbocycles. The van der Waals surface area contributed by atoms with Crippen molar-refractivity contribution < 1.29 is 17.2 Å². The minimum atomic E-state index is -0.0656. The number of hydrogen-bond donors (Lipinski definition) is 9. The predicted molar refractivity (Wildman–Crippen MR) is 416 cm³/mol. The number of hydrogen-bond acceptors (Lipinski definition) is 18. The minimum absolute atomic E-state index is 0. The van der Waals surface area contributed by atoms with E-state index >= 15 is 0 Å². The summed E-state index contributed by atoms with van der Waals surface area (Å²) in [6.07, 6.45) is 5.46. The largest absolute Gasteiger partial charge is 1.00 e. The first-order valence-electron chi connectivity index (χ1n) is 35.0. The highest BCUT2D eigenvalue weighted by Gasteiger charge is 2.19. The summed E-state index contributed by atoms with van der Waals surface area (Å²) in [4.78, 5) is 53.2. The van der Waals surface area contributed by atoms with E-state index in [1.54, 1.807) is 6.33 Å². The number of nitrogens with zero attached hydrogens (tertiary/aromatic N) is 12. The Bertz CT molecular complexity index is 4320. The Labute approximate surface area is 606 Å². The zero-order chi connectivity index (χ0) is 72.0. The molecule has 11 N–H and O–H groups in total. The lowest BCUT2D eigenvalue weighted by atomic mass is 10.0. The molecule has 0 saturated heterocycles. The predicted octanol–water partition coefficient (Wildman–Crippen LogP) is 12.4. The van der Waals surface area contributed by atoms with Gasteiger partial charge in [0.2, 0.25) is 23.8 Å². The van der Waals surface area contributed by atoms with Crippen molar-refractivity contribution in [3.63, 3.8) is 0 Å². The number of amides is 1. The Morgan fingerprint density at radius 1 is 0.382 bits per heavy atom. The van der Waals surface area contributed by atoms with Crippen LogP contribution in [0, 0.1) is 11.8 Å². The lowest BCUT2D eigenvalue weighted by molar-refractivity contribution is -0.119. The molecule has 22 nitrogen and oxygen atoms in total. The topological polar surface area (TPSA) is 284 Å². The lowest BCUT2D eigenvalue weighted by Gasteiger charge is -2.15. The van der Waals surface area contributed by atoms with Crippen LogP contribution in [0.3, 0.4) is 0 Å². The number of fused-ring (bicyclic) bond motifs is 3. The molecule has 6 heterocycles. The molecular formula is C79H101ClN21O-. The summed E-state index contributed by atoms with van der Waals surface area (Å²) in [5.41, 5.74) is 26.5. The molecule has 0 radical (unpaired) electrons. The van der Waals surface area contributed by atoms with Gasteiger partial charge in [-0.1, -0.05) is 191 Å². The van der Waals surface area contributed by atoms with Gasteiger partial charge in [-0.05, 0) is 124 Å². The van der Waals surface area contributed by atoms with E-state index < -0.39 is 0 Å². The number of nitrogens with two attached hydrogens (primary N) is 2. The highest BCUT2D eigenvalue weighted by Crippen LogP contribution is 2.29. The van der Waals surface area contributed by atoms with Gasteiger partial charge in [-0.15, -0.1) is 0 Å². The maximum atomic E-state index is 11.3. The van der Waals surface area contributed by atoms with Gasteiger partial charge in [0.15, 0.2) is 50.9 Å². The van der Waals surface area contributed by atoms with Crippen molar-refractivity contribution in [2.24, 2.45) is 23.3 Å². The molecule has 102 heavy (non-hydrogen) atoms. The third kappa shape index (κ3) is 22.0. The smallest absolute Gasteiger partial charge is 0.226 e. The van der Waals surface area contributed by atoms with E-state index in [4.69, 9.17) is 26.4 Å². The molecule has 0 aliphatic heterocycles. The maximum absolute atomic E-state index is 11.3. The van der Waals surface area contributed by atoms with Gasteiger partial charge in [0.05, 0.1) is 19.0 Å². The summed E-state index contributed by atoms with van der Waals surface area (Å²) in [7, 11) is 0. The van der Waals surface area contributed by atoms with Crippen LogP contribution < -0.4 is 61.1 Å². The minimum Gasteiger partial charge on any atom is -1.00 e. The zero-order valence-corrected chi connectivity index (χ0v) is 61.9. The molecule has 0 fully saturated rings. The van der Waals surface area contributed by atoms with E-state index in [0.29, 0.717) is 74.0 Å². The Kier molecular flexibility index (Phi) is 28.6. The average molecular weight is 1400 g/mol. The molecule has 0 saturated carbocycles. The van der Waals surface area contributed by atoms with Gasteiger partial charge in [-0.3, -0.25) is 4.79 Å². The fraction of sp³-hybridized carbons (Fsp3) is 0.342. The summed E-state index contributed by atoms with van der Waals surface area (Å²) >= 11 is 0. The quantitative estimate of drug-likeness (QED) is 0.0244. The van der Waals surface area contributed by atoms with E-state index in [0.717, 1.165) is 58.0 Å². The van der Waals surface area contributed by atoms with Crippen LogP contribution in [0.5, 0.6) is 0 Å². The van der Waals surface area contributed by atoms with Gasteiger partial charge in [-0.25, -0.2) is 15.0 Å². The molecule has 1 amide bonds. The van der Waals surface area contributed by atoms with Crippen LogP contribution in [-0.2, 0) is 24.4 Å². The van der Waals surface area contributed by atoms with Crippen molar-refractivity contribution in [2.75, 3.05) is 58.1 Å². The number of halogens is 1. The number of imidazole rings is 3. The maximum Gasteiger partial charge on any atom is 0.226 e. The summed E-state index contributed by atoms with van der Waals surface area (Å²) in [5.74, 6) is 4.92. The van der Waals surface area contributed by atoms with Gasteiger partial charge in [0.25, 0.3) is 0 Å². The van der Waals surface area contributed by atoms with Crippen LogP contribution in [0.2, 0.25) is 0 Å². The fourth-order valence-electron chi connectivity index (χ4n) is 10.6. The molecule has 0 spiro atoms. The third-order valence-electron chi connectivity index (χ3n) is 16.2. The second-order valence-corrected chi connectivity index (χ2v) is 26.9. The zero-order valence-electron chi connectivity index (χ0n) is 61.1. The van der Waals surface area contributed by atoms with E-state index in [1.165, 1.54) is 51.4 Å². The van der Waals surface area contributed by atoms with Gasteiger partial charge in [-0.2, -0.15) is 29.9 Å². The molecule has 6 aromatic carbocycles.